The third-order valence-electron chi connectivity index (χ3n) is 4.07. The Morgan fingerprint density at radius 2 is 2.00 bits per heavy atom. The summed E-state index contributed by atoms with van der Waals surface area (Å²) in [6, 6.07) is 4.86. The van der Waals surface area contributed by atoms with E-state index in [9.17, 15) is 4.79 Å². The lowest BCUT2D eigenvalue weighted by Gasteiger charge is -2.22. The summed E-state index contributed by atoms with van der Waals surface area (Å²) in [5, 5.41) is 16.2. The van der Waals surface area contributed by atoms with Crippen molar-refractivity contribution in [1.82, 2.24) is 19.9 Å². The maximum atomic E-state index is 11.7. The molecular formula is C17H18ClN7O3. The average Bonchev–Trinajstić information content (AvgIpc) is 3.09. The van der Waals surface area contributed by atoms with Gasteiger partial charge >= 0.3 is 6.03 Å². The molecule has 0 saturated heterocycles. The molecule has 28 heavy (non-hydrogen) atoms. The van der Waals surface area contributed by atoms with Crippen molar-refractivity contribution >= 4 is 46.3 Å². The van der Waals surface area contributed by atoms with E-state index in [1.165, 1.54) is 13.2 Å². The molecule has 1 aliphatic heterocycles. The van der Waals surface area contributed by atoms with Gasteiger partial charge in [0.05, 0.1) is 11.9 Å². The number of rotatable bonds is 4. The molecule has 0 fully saturated rings. The first-order chi connectivity index (χ1) is 13.6. The second-order valence-electron chi connectivity index (χ2n) is 5.88. The second kappa shape index (κ2) is 7.31. The molecule has 1 aromatic carbocycles. The number of urea groups is 1. The molecule has 0 atom stereocenters. The van der Waals surface area contributed by atoms with Crippen molar-refractivity contribution in [3.8, 4) is 11.5 Å². The van der Waals surface area contributed by atoms with E-state index in [1.807, 2.05) is 0 Å². The highest BCUT2D eigenvalue weighted by Crippen LogP contribution is 2.41. The summed E-state index contributed by atoms with van der Waals surface area (Å²) in [4.78, 5) is 16.3. The van der Waals surface area contributed by atoms with E-state index >= 15 is 0 Å². The summed E-state index contributed by atoms with van der Waals surface area (Å²) in [7, 11) is 3.30. The molecule has 2 amide bonds. The van der Waals surface area contributed by atoms with Gasteiger partial charge in [0.15, 0.2) is 17.1 Å². The minimum Gasteiger partial charge on any atom is -0.486 e. The maximum Gasteiger partial charge on any atom is 0.319 e. The van der Waals surface area contributed by atoms with Gasteiger partial charge in [-0.15, -0.1) is 0 Å². The molecule has 4 N–H and O–H groups in total. The summed E-state index contributed by atoms with van der Waals surface area (Å²) in [5.74, 6) is 2.32. The number of carbonyl (C=O) groups is 1. The first-order valence-corrected chi connectivity index (χ1v) is 8.88. The molecule has 0 aliphatic carbocycles. The lowest BCUT2D eigenvalue weighted by atomic mass is 10.2. The number of benzene rings is 1. The van der Waals surface area contributed by atoms with Crippen LogP contribution in [-0.4, -0.2) is 47.9 Å². The highest BCUT2D eigenvalue weighted by Gasteiger charge is 2.19. The van der Waals surface area contributed by atoms with E-state index in [-0.39, 0.29) is 6.03 Å². The van der Waals surface area contributed by atoms with Crippen molar-refractivity contribution in [2.24, 2.45) is 0 Å². The van der Waals surface area contributed by atoms with Crippen LogP contribution in [0.25, 0.3) is 5.65 Å². The molecule has 3 heterocycles. The van der Waals surface area contributed by atoms with Gasteiger partial charge < -0.3 is 30.7 Å². The normalized spacial score (nSPS) is 12.5. The van der Waals surface area contributed by atoms with Crippen LogP contribution >= 0.6 is 11.6 Å². The molecular weight excluding hydrogens is 386 g/mol. The third kappa shape index (κ3) is 3.29. The van der Waals surface area contributed by atoms with Crippen LogP contribution in [0.15, 0.2) is 24.4 Å². The standard InChI is InChI=1S/C17H18ClN7O3/c1-19-14-7-13(24-16-11(8-21-25(14)16)23-17(26)20-2)22-10-5-9(18)6-12-15(10)28-4-3-27-12/h5-8,19H,3-4H2,1-2H3,(H,22,24)(H2,20,23,26). The summed E-state index contributed by atoms with van der Waals surface area (Å²) >= 11 is 6.21. The number of anilines is 4. The van der Waals surface area contributed by atoms with Crippen molar-refractivity contribution in [2.45, 2.75) is 0 Å². The van der Waals surface area contributed by atoms with Crippen molar-refractivity contribution in [2.75, 3.05) is 43.3 Å². The Bertz CT molecular complexity index is 1050. The van der Waals surface area contributed by atoms with E-state index in [0.717, 1.165) is 0 Å². The fourth-order valence-corrected chi connectivity index (χ4v) is 3.04. The largest absolute Gasteiger partial charge is 0.486 e. The monoisotopic (exact) mass is 403 g/mol. The van der Waals surface area contributed by atoms with Gasteiger partial charge in [0.25, 0.3) is 0 Å². The Balaban J connectivity index is 1.76. The van der Waals surface area contributed by atoms with E-state index in [4.69, 9.17) is 21.1 Å². The summed E-state index contributed by atoms with van der Waals surface area (Å²) in [6.45, 7) is 0.908. The average molecular weight is 404 g/mol. The molecule has 11 heteroatoms. The Morgan fingerprint density at radius 3 is 2.79 bits per heavy atom. The molecule has 0 bridgehead atoms. The number of fused-ring (bicyclic) bond motifs is 2. The zero-order chi connectivity index (χ0) is 19.7. The topological polar surface area (TPSA) is 114 Å². The van der Waals surface area contributed by atoms with Gasteiger partial charge in [-0.05, 0) is 6.07 Å². The fraction of sp³-hybridized carbons (Fsp3) is 0.235. The van der Waals surface area contributed by atoms with E-state index in [2.05, 4.69) is 31.3 Å². The number of hydrogen-bond acceptors (Lipinski definition) is 7. The number of hydrogen-bond donors (Lipinski definition) is 4. The molecule has 1 aliphatic rings. The summed E-state index contributed by atoms with van der Waals surface area (Å²) in [5.41, 5.74) is 1.56. The molecule has 0 spiro atoms. The summed E-state index contributed by atoms with van der Waals surface area (Å²) in [6.07, 6.45) is 1.53. The maximum absolute atomic E-state index is 11.7. The molecule has 10 nitrogen and oxygen atoms in total. The van der Waals surface area contributed by atoms with Crippen LogP contribution in [0.3, 0.4) is 0 Å². The molecule has 146 valence electrons. The Kier molecular flexibility index (Phi) is 4.70. The predicted octanol–water partition coefficient (Wildman–Crippen LogP) is 2.69. The molecule has 2 aromatic heterocycles. The molecule has 0 radical (unpaired) electrons. The van der Waals surface area contributed by atoms with Crippen molar-refractivity contribution < 1.29 is 14.3 Å². The van der Waals surface area contributed by atoms with Crippen molar-refractivity contribution in [3.63, 3.8) is 0 Å². The Labute approximate surface area is 165 Å². The Morgan fingerprint density at radius 1 is 1.18 bits per heavy atom. The molecule has 4 rings (SSSR count). The van der Waals surface area contributed by atoms with Crippen LogP contribution in [0.5, 0.6) is 11.5 Å². The van der Waals surface area contributed by atoms with Crippen LogP contribution in [0.2, 0.25) is 5.02 Å². The number of carbonyl (C=O) groups excluding carboxylic acids is 1. The van der Waals surface area contributed by atoms with Crippen LogP contribution in [0, 0.1) is 0 Å². The van der Waals surface area contributed by atoms with Gasteiger partial charge in [-0.1, -0.05) is 11.6 Å². The van der Waals surface area contributed by atoms with Crippen LogP contribution in [0.1, 0.15) is 0 Å². The lowest BCUT2D eigenvalue weighted by molar-refractivity contribution is 0.172. The zero-order valence-corrected chi connectivity index (χ0v) is 15.9. The van der Waals surface area contributed by atoms with E-state index in [1.54, 1.807) is 29.8 Å². The summed E-state index contributed by atoms with van der Waals surface area (Å²) < 4.78 is 12.9. The van der Waals surface area contributed by atoms with Gasteiger partial charge in [-0.25, -0.2) is 9.78 Å². The molecule has 3 aromatic rings. The van der Waals surface area contributed by atoms with Gasteiger partial charge in [0.2, 0.25) is 0 Å². The number of nitrogens with one attached hydrogen (secondary N) is 4. The van der Waals surface area contributed by atoms with Gasteiger partial charge in [0, 0.05) is 31.3 Å². The Hall–Kier alpha value is -3.40. The van der Waals surface area contributed by atoms with E-state index in [0.29, 0.717) is 58.4 Å². The van der Waals surface area contributed by atoms with Gasteiger partial charge in [-0.2, -0.15) is 9.61 Å². The van der Waals surface area contributed by atoms with Crippen LogP contribution in [-0.2, 0) is 0 Å². The SMILES string of the molecule is CNC(=O)Nc1cnn2c(NC)cc(Nc3cc(Cl)cc4c3OCCO4)nc12. The van der Waals surface area contributed by atoms with Crippen molar-refractivity contribution in [1.29, 1.82) is 0 Å². The number of nitrogens with zero attached hydrogens (tertiary/aromatic N) is 3. The van der Waals surface area contributed by atoms with Crippen molar-refractivity contribution in [3.05, 3.63) is 29.4 Å². The second-order valence-corrected chi connectivity index (χ2v) is 6.31. The molecule has 0 unspecified atom stereocenters. The highest BCUT2D eigenvalue weighted by atomic mass is 35.5. The smallest absolute Gasteiger partial charge is 0.319 e. The van der Waals surface area contributed by atoms with E-state index < -0.39 is 0 Å². The quantitative estimate of drug-likeness (QED) is 0.529. The van der Waals surface area contributed by atoms with Gasteiger partial charge in [-0.3, -0.25) is 0 Å². The minimum atomic E-state index is -0.365. The fourth-order valence-electron chi connectivity index (χ4n) is 2.83. The number of amides is 2. The minimum absolute atomic E-state index is 0.365. The predicted molar refractivity (Wildman–Crippen MR) is 106 cm³/mol. The van der Waals surface area contributed by atoms with Gasteiger partial charge in [0.1, 0.15) is 30.5 Å². The first kappa shape index (κ1) is 18.0. The first-order valence-electron chi connectivity index (χ1n) is 8.50. The molecule has 0 saturated carbocycles. The van der Waals surface area contributed by atoms with Crippen LogP contribution in [0.4, 0.5) is 27.8 Å². The number of halogens is 1. The highest BCUT2D eigenvalue weighted by molar-refractivity contribution is 6.31. The zero-order valence-electron chi connectivity index (χ0n) is 15.2. The van der Waals surface area contributed by atoms with Crippen LogP contribution < -0.4 is 30.7 Å². The number of aromatic nitrogens is 3. The third-order valence-corrected chi connectivity index (χ3v) is 4.29. The lowest BCUT2D eigenvalue weighted by Crippen LogP contribution is -2.24. The number of ether oxygens (including phenoxy) is 2.